The first-order valence-corrected chi connectivity index (χ1v) is 7.96. The predicted molar refractivity (Wildman–Crippen MR) is 92.5 cm³/mol. The van der Waals surface area contributed by atoms with Gasteiger partial charge in [-0.25, -0.2) is 4.98 Å². The van der Waals surface area contributed by atoms with E-state index in [0.29, 0.717) is 18.2 Å². The maximum atomic E-state index is 11.9. The van der Waals surface area contributed by atoms with Gasteiger partial charge in [0.15, 0.2) is 0 Å². The SMILES string of the molecule is C=CCNC(=O)c1ccc(N2CCCC2c2ccccc2)nc1. The zero-order valence-electron chi connectivity index (χ0n) is 13.1. The van der Waals surface area contributed by atoms with Crippen molar-refractivity contribution in [3.05, 3.63) is 72.4 Å². The van der Waals surface area contributed by atoms with Crippen LogP contribution in [0.15, 0.2) is 61.3 Å². The van der Waals surface area contributed by atoms with Gasteiger partial charge in [0.2, 0.25) is 0 Å². The number of hydrogen-bond acceptors (Lipinski definition) is 3. The summed E-state index contributed by atoms with van der Waals surface area (Å²) in [5, 5.41) is 2.76. The molecular formula is C19H21N3O. The van der Waals surface area contributed by atoms with Crippen LogP contribution in [-0.2, 0) is 0 Å². The molecule has 2 aromatic rings. The van der Waals surface area contributed by atoms with Gasteiger partial charge in [0.1, 0.15) is 5.82 Å². The van der Waals surface area contributed by atoms with E-state index in [0.717, 1.165) is 25.2 Å². The molecule has 0 bridgehead atoms. The first-order chi connectivity index (χ1) is 11.3. The summed E-state index contributed by atoms with van der Waals surface area (Å²) in [5.74, 6) is 0.807. The van der Waals surface area contributed by atoms with Crippen LogP contribution < -0.4 is 10.2 Å². The smallest absolute Gasteiger partial charge is 0.253 e. The minimum atomic E-state index is -0.120. The van der Waals surface area contributed by atoms with E-state index in [1.165, 1.54) is 5.56 Å². The number of carbonyl (C=O) groups excluding carboxylic acids is 1. The number of carbonyl (C=O) groups is 1. The van der Waals surface area contributed by atoms with Crippen LogP contribution in [0.2, 0.25) is 0 Å². The van der Waals surface area contributed by atoms with E-state index in [-0.39, 0.29) is 5.91 Å². The maximum absolute atomic E-state index is 11.9. The Morgan fingerprint density at radius 2 is 2.13 bits per heavy atom. The van der Waals surface area contributed by atoms with Crippen LogP contribution in [0.25, 0.3) is 0 Å². The average Bonchev–Trinajstić information content (AvgIpc) is 3.10. The molecule has 4 nitrogen and oxygen atoms in total. The van der Waals surface area contributed by atoms with E-state index in [1.807, 2.05) is 18.2 Å². The van der Waals surface area contributed by atoms with E-state index in [4.69, 9.17) is 0 Å². The second-order valence-corrected chi connectivity index (χ2v) is 5.67. The summed E-state index contributed by atoms with van der Waals surface area (Å²) >= 11 is 0. The number of hydrogen-bond donors (Lipinski definition) is 1. The predicted octanol–water partition coefficient (Wildman–Crippen LogP) is 3.34. The first kappa shape index (κ1) is 15.3. The Morgan fingerprint density at radius 3 is 2.83 bits per heavy atom. The fourth-order valence-electron chi connectivity index (χ4n) is 3.02. The van der Waals surface area contributed by atoms with Gasteiger partial charge in [-0.3, -0.25) is 4.79 Å². The summed E-state index contributed by atoms with van der Waals surface area (Å²) in [5.41, 5.74) is 1.89. The van der Waals surface area contributed by atoms with Crippen LogP contribution in [0.4, 0.5) is 5.82 Å². The van der Waals surface area contributed by atoms with Crippen molar-refractivity contribution < 1.29 is 4.79 Å². The zero-order valence-corrected chi connectivity index (χ0v) is 13.1. The molecule has 1 saturated heterocycles. The third-order valence-electron chi connectivity index (χ3n) is 4.15. The molecule has 1 amide bonds. The molecule has 1 aromatic heterocycles. The standard InChI is InChI=1S/C19H21N3O/c1-2-12-20-19(23)16-10-11-18(21-14-16)22-13-6-9-17(22)15-7-4-3-5-8-15/h2-5,7-8,10-11,14,17H,1,6,9,12-13H2,(H,20,23). The molecule has 2 heterocycles. The van der Waals surface area contributed by atoms with Crippen molar-refractivity contribution in [2.24, 2.45) is 0 Å². The van der Waals surface area contributed by atoms with Gasteiger partial charge >= 0.3 is 0 Å². The molecule has 1 atom stereocenters. The van der Waals surface area contributed by atoms with Crippen molar-refractivity contribution in [3.63, 3.8) is 0 Å². The molecule has 1 aliphatic rings. The van der Waals surface area contributed by atoms with Crippen LogP contribution in [0.3, 0.4) is 0 Å². The molecule has 118 valence electrons. The van der Waals surface area contributed by atoms with Crippen molar-refractivity contribution >= 4 is 11.7 Å². The summed E-state index contributed by atoms with van der Waals surface area (Å²) in [4.78, 5) is 18.7. The van der Waals surface area contributed by atoms with E-state index in [1.54, 1.807) is 12.3 Å². The third-order valence-corrected chi connectivity index (χ3v) is 4.15. The zero-order chi connectivity index (χ0) is 16.1. The largest absolute Gasteiger partial charge is 0.350 e. The maximum Gasteiger partial charge on any atom is 0.253 e. The quantitative estimate of drug-likeness (QED) is 0.862. The summed E-state index contributed by atoms with van der Waals surface area (Å²) in [7, 11) is 0. The third kappa shape index (κ3) is 3.42. The summed E-state index contributed by atoms with van der Waals surface area (Å²) < 4.78 is 0. The fraction of sp³-hybridized carbons (Fsp3) is 0.263. The summed E-state index contributed by atoms with van der Waals surface area (Å²) in [6.45, 7) is 5.05. The van der Waals surface area contributed by atoms with Crippen LogP contribution in [0.1, 0.15) is 34.8 Å². The fourth-order valence-corrected chi connectivity index (χ4v) is 3.02. The highest BCUT2D eigenvalue weighted by Gasteiger charge is 2.26. The molecule has 3 rings (SSSR count). The Hall–Kier alpha value is -2.62. The Labute approximate surface area is 136 Å². The molecule has 4 heteroatoms. The summed E-state index contributed by atoms with van der Waals surface area (Å²) in [6, 6.07) is 14.7. The van der Waals surface area contributed by atoms with E-state index >= 15 is 0 Å². The van der Waals surface area contributed by atoms with Gasteiger partial charge in [0, 0.05) is 19.3 Å². The lowest BCUT2D eigenvalue weighted by Crippen LogP contribution is -2.25. The molecule has 1 fully saturated rings. The van der Waals surface area contributed by atoms with Crippen LogP contribution in [0.5, 0.6) is 0 Å². The van der Waals surface area contributed by atoms with E-state index in [2.05, 4.69) is 46.0 Å². The van der Waals surface area contributed by atoms with Crippen molar-refractivity contribution in [2.45, 2.75) is 18.9 Å². The number of rotatable bonds is 5. The Bertz CT molecular complexity index is 667. The Balaban J connectivity index is 1.76. The number of aromatic nitrogens is 1. The average molecular weight is 307 g/mol. The van der Waals surface area contributed by atoms with Crippen molar-refractivity contribution in [1.29, 1.82) is 0 Å². The van der Waals surface area contributed by atoms with Crippen molar-refractivity contribution in [1.82, 2.24) is 10.3 Å². The number of nitrogens with zero attached hydrogens (tertiary/aromatic N) is 2. The molecule has 0 radical (unpaired) electrons. The topological polar surface area (TPSA) is 45.2 Å². The molecular weight excluding hydrogens is 286 g/mol. The Morgan fingerprint density at radius 1 is 1.30 bits per heavy atom. The highest BCUT2D eigenvalue weighted by Crippen LogP contribution is 2.34. The highest BCUT2D eigenvalue weighted by atomic mass is 16.1. The normalized spacial score (nSPS) is 17.0. The second kappa shape index (κ2) is 7.09. The highest BCUT2D eigenvalue weighted by molar-refractivity contribution is 5.94. The molecule has 1 aliphatic heterocycles. The number of pyridine rings is 1. The van der Waals surface area contributed by atoms with E-state index < -0.39 is 0 Å². The number of nitrogens with one attached hydrogen (secondary N) is 1. The molecule has 0 spiro atoms. The van der Waals surface area contributed by atoms with Crippen LogP contribution in [0, 0.1) is 0 Å². The van der Waals surface area contributed by atoms with Gasteiger partial charge < -0.3 is 10.2 Å². The molecule has 0 saturated carbocycles. The van der Waals surface area contributed by atoms with Gasteiger partial charge in [-0.1, -0.05) is 36.4 Å². The minimum absolute atomic E-state index is 0.120. The number of benzene rings is 1. The van der Waals surface area contributed by atoms with Crippen LogP contribution >= 0.6 is 0 Å². The number of amides is 1. The molecule has 1 N–H and O–H groups in total. The Kier molecular flexibility index (Phi) is 4.71. The van der Waals surface area contributed by atoms with Gasteiger partial charge in [-0.15, -0.1) is 6.58 Å². The van der Waals surface area contributed by atoms with Gasteiger partial charge in [0.25, 0.3) is 5.91 Å². The van der Waals surface area contributed by atoms with Crippen LogP contribution in [-0.4, -0.2) is 24.0 Å². The number of anilines is 1. The summed E-state index contributed by atoms with van der Waals surface area (Å²) in [6.07, 6.45) is 5.60. The lowest BCUT2D eigenvalue weighted by molar-refractivity contribution is 0.0957. The second-order valence-electron chi connectivity index (χ2n) is 5.67. The van der Waals surface area contributed by atoms with Crippen molar-refractivity contribution in [2.75, 3.05) is 18.0 Å². The lowest BCUT2D eigenvalue weighted by Gasteiger charge is -2.26. The first-order valence-electron chi connectivity index (χ1n) is 7.96. The monoisotopic (exact) mass is 307 g/mol. The van der Waals surface area contributed by atoms with E-state index in [9.17, 15) is 4.79 Å². The van der Waals surface area contributed by atoms with Gasteiger partial charge in [-0.2, -0.15) is 0 Å². The molecule has 0 aliphatic carbocycles. The van der Waals surface area contributed by atoms with Crippen molar-refractivity contribution in [3.8, 4) is 0 Å². The molecule has 1 aromatic carbocycles. The molecule has 23 heavy (non-hydrogen) atoms. The van der Waals surface area contributed by atoms with Gasteiger partial charge in [-0.05, 0) is 30.5 Å². The minimum Gasteiger partial charge on any atom is -0.350 e. The molecule has 1 unspecified atom stereocenters. The van der Waals surface area contributed by atoms with Gasteiger partial charge in [0.05, 0.1) is 11.6 Å². The lowest BCUT2D eigenvalue weighted by atomic mass is 10.0.